The molecule has 0 unspecified atom stereocenters. The molecule has 1 aromatic heterocycles. The highest BCUT2D eigenvalue weighted by Gasteiger charge is 2.34. The van der Waals surface area contributed by atoms with Crippen molar-refractivity contribution in [3.05, 3.63) is 32.6 Å². The lowest BCUT2D eigenvalue weighted by atomic mass is 10.1. The highest BCUT2D eigenvalue weighted by Crippen LogP contribution is 2.33. The summed E-state index contributed by atoms with van der Waals surface area (Å²) in [6, 6.07) is 0.822. The molecule has 0 aliphatic heterocycles. The van der Waals surface area contributed by atoms with Crippen molar-refractivity contribution < 1.29 is 10.2 Å². The van der Waals surface area contributed by atoms with Gasteiger partial charge in [-0.1, -0.05) is 25.7 Å². The van der Waals surface area contributed by atoms with Crippen LogP contribution in [0.15, 0.2) is 15.8 Å². The number of aromatic amines is 1. The molecule has 1 heterocycles. The topological polar surface area (TPSA) is 95.3 Å². The summed E-state index contributed by atoms with van der Waals surface area (Å²) in [5, 5.41) is 19.1. The first-order valence-corrected chi connectivity index (χ1v) is 11.6. The second-order valence-corrected chi connectivity index (χ2v) is 13.1. The van der Waals surface area contributed by atoms with Crippen LogP contribution in [0.25, 0.3) is 0 Å². The number of aliphatic hydroxyl groups is 2. The minimum atomic E-state index is -1.27. The van der Waals surface area contributed by atoms with Gasteiger partial charge in [0.2, 0.25) is 0 Å². The third-order valence-electron chi connectivity index (χ3n) is 4.45. The van der Waals surface area contributed by atoms with Gasteiger partial charge in [-0.15, -0.1) is 0 Å². The maximum absolute atomic E-state index is 12.1. The highest BCUT2D eigenvalue weighted by molar-refractivity contribution is 6.76. The average molecular weight is 326 g/mol. The fourth-order valence-corrected chi connectivity index (χ4v) is 4.00. The number of hydrogen-bond acceptors (Lipinski definition) is 4. The van der Waals surface area contributed by atoms with Crippen molar-refractivity contribution in [3.63, 3.8) is 0 Å². The number of aryl methyl sites for hydroxylation is 1. The van der Waals surface area contributed by atoms with Gasteiger partial charge in [0.25, 0.3) is 5.56 Å². The third-order valence-corrected chi connectivity index (χ3v) is 6.20. The minimum Gasteiger partial charge on any atom is -0.396 e. The van der Waals surface area contributed by atoms with E-state index in [2.05, 4.69) is 24.6 Å². The molecule has 7 heteroatoms. The molecular weight excluding hydrogens is 300 g/mol. The quantitative estimate of drug-likeness (QED) is 0.695. The number of nitrogens with one attached hydrogen (secondary N) is 1. The van der Waals surface area contributed by atoms with Crippen molar-refractivity contribution in [1.29, 1.82) is 0 Å². The molecule has 2 rings (SSSR count). The highest BCUT2D eigenvalue weighted by atomic mass is 28.3. The monoisotopic (exact) mass is 326 g/mol. The van der Waals surface area contributed by atoms with E-state index < -0.39 is 19.9 Å². The van der Waals surface area contributed by atoms with E-state index >= 15 is 0 Å². The molecule has 3 atom stereocenters. The lowest BCUT2D eigenvalue weighted by Crippen LogP contribution is -2.34. The molecule has 22 heavy (non-hydrogen) atoms. The van der Waals surface area contributed by atoms with Crippen LogP contribution in [0.5, 0.6) is 0 Å². The number of aromatic nitrogens is 2. The van der Waals surface area contributed by atoms with E-state index in [9.17, 15) is 19.8 Å². The third kappa shape index (κ3) is 3.96. The van der Waals surface area contributed by atoms with Crippen LogP contribution < -0.4 is 11.2 Å². The number of H-pyrrole nitrogens is 1. The molecule has 1 fully saturated rings. The van der Waals surface area contributed by atoms with Gasteiger partial charge in [0.15, 0.2) is 0 Å². The predicted octanol–water partition coefficient (Wildman–Crippen LogP) is 0.722. The van der Waals surface area contributed by atoms with Crippen molar-refractivity contribution in [2.45, 2.75) is 57.1 Å². The Labute approximate surface area is 130 Å². The normalized spacial score (nSPS) is 25.6. The zero-order valence-corrected chi connectivity index (χ0v) is 14.5. The maximum atomic E-state index is 12.1. The fourth-order valence-electron chi connectivity index (χ4n) is 2.98. The maximum Gasteiger partial charge on any atom is 0.328 e. The number of nitrogens with zero attached hydrogens (tertiary/aromatic N) is 1. The lowest BCUT2D eigenvalue weighted by Gasteiger charge is -2.17. The minimum absolute atomic E-state index is 0.0851. The Morgan fingerprint density at radius 2 is 2.00 bits per heavy atom. The Balaban J connectivity index is 2.26. The smallest absolute Gasteiger partial charge is 0.328 e. The van der Waals surface area contributed by atoms with Gasteiger partial charge in [0.05, 0.1) is 6.10 Å². The number of aliphatic hydroxyl groups excluding tert-OH is 2. The second kappa shape index (κ2) is 6.52. The van der Waals surface area contributed by atoms with Gasteiger partial charge in [0, 0.05) is 38.4 Å². The van der Waals surface area contributed by atoms with Crippen LogP contribution in [0.3, 0.4) is 0 Å². The van der Waals surface area contributed by atoms with Crippen LogP contribution in [0, 0.1) is 5.92 Å². The van der Waals surface area contributed by atoms with Crippen molar-refractivity contribution >= 4 is 8.07 Å². The average Bonchev–Trinajstić information content (AvgIpc) is 2.77. The summed E-state index contributed by atoms with van der Waals surface area (Å²) in [6.45, 7) is 6.65. The van der Waals surface area contributed by atoms with E-state index in [1.165, 1.54) is 4.57 Å². The van der Waals surface area contributed by atoms with E-state index in [-0.39, 0.29) is 24.1 Å². The van der Waals surface area contributed by atoms with Gasteiger partial charge in [-0.2, -0.15) is 0 Å². The summed E-state index contributed by atoms with van der Waals surface area (Å²) in [5.41, 5.74) is -0.113. The van der Waals surface area contributed by atoms with Gasteiger partial charge < -0.3 is 10.2 Å². The molecule has 1 saturated carbocycles. The Morgan fingerprint density at radius 1 is 1.32 bits per heavy atom. The van der Waals surface area contributed by atoms with E-state index in [0.717, 1.165) is 6.04 Å². The van der Waals surface area contributed by atoms with Gasteiger partial charge in [-0.3, -0.25) is 14.3 Å². The molecule has 0 radical (unpaired) electrons. The Bertz CT molecular complexity index is 632. The first-order chi connectivity index (χ1) is 10.2. The van der Waals surface area contributed by atoms with Crippen LogP contribution in [-0.2, 0) is 6.42 Å². The summed E-state index contributed by atoms with van der Waals surface area (Å²) in [6.07, 6.45) is 2.71. The summed E-state index contributed by atoms with van der Waals surface area (Å²) in [4.78, 5) is 26.4. The van der Waals surface area contributed by atoms with Crippen LogP contribution in [0.4, 0.5) is 0 Å². The Kier molecular flexibility index (Phi) is 5.09. The molecule has 124 valence electrons. The SMILES string of the molecule is C[Si](C)(C)CCc1cn([C@@H]2C[C@H](CO)[C@@H](O)C2)c(=O)[nH]c1=O. The molecule has 0 saturated heterocycles. The molecule has 0 bridgehead atoms. The van der Waals surface area contributed by atoms with Crippen LogP contribution >= 0.6 is 0 Å². The van der Waals surface area contributed by atoms with Gasteiger partial charge >= 0.3 is 5.69 Å². The molecule has 0 spiro atoms. The zero-order valence-electron chi connectivity index (χ0n) is 13.5. The van der Waals surface area contributed by atoms with Gasteiger partial charge in [-0.25, -0.2) is 4.79 Å². The van der Waals surface area contributed by atoms with Crippen LogP contribution in [-0.4, -0.2) is 40.5 Å². The standard InChI is InChI=1S/C15H26N2O4Si/c1-22(2,3)5-4-10-8-17(15(21)16-14(10)20)12-6-11(9-18)13(19)7-12/h8,11-13,18-19H,4-7,9H2,1-3H3,(H,16,20,21)/t11-,12-,13+/m1/s1. The Hall–Kier alpha value is -1.18. The zero-order chi connectivity index (χ0) is 16.5. The fraction of sp³-hybridized carbons (Fsp3) is 0.733. The van der Waals surface area contributed by atoms with E-state index in [0.29, 0.717) is 24.8 Å². The first-order valence-electron chi connectivity index (χ1n) is 7.84. The molecule has 0 aromatic carbocycles. The van der Waals surface area contributed by atoms with E-state index in [1.54, 1.807) is 6.20 Å². The molecule has 1 aromatic rings. The van der Waals surface area contributed by atoms with Crippen molar-refractivity contribution in [2.75, 3.05) is 6.61 Å². The lowest BCUT2D eigenvalue weighted by molar-refractivity contribution is 0.0906. The summed E-state index contributed by atoms with van der Waals surface area (Å²) < 4.78 is 1.53. The largest absolute Gasteiger partial charge is 0.396 e. The van der Waals surface area contributed by atoms with Crippen LogP contribution in [0.2, 0.25) is 25.7 Å². The molecule has 6 nitrogen and oxygen atoms in total. The molecule has 1 aliphatic carbocycles. The van der Waals surface area contributed by atoms with E-state index in [4.69, 9.17) is 0 Å². The summed E-state index contributed by atoms with van der Waals surface area (Å²) >= 11 is 0. The van der Waals surface area contributed by atoms with Crippen molar-refractivity contribution in [3.8, 4) is 0 Å². The summed E-state index contributed by atoms with van der Waals surface area (Å²) in [5.74, 6) is -0.200. The van der Waals surface area contributed by atoms with Crippen molar-refractivity contribution in [1.82, 2.24) is 9.55 Å². The van der Waals surface area contributed by atoms with Crippen LogP contribution in [0.1, 0.15) is 24.4 Å². The summed E-state index contributed by atoms with van der Waals surface area (Å²) in [7, 11) is -1.27. The molecule has 3 N–H and O–H groups in total. The van der Waals surface area contributed by atoms with Crippen molar-refractivity contribution in [2.24, 2.45) is 5.92 Å². The van der Waals surface area contributed by atoms with Gasteiger partial charge in [0.1, 0.15) is 0 Å². The number of hydrogen-bond donors (Lipinski definition) is 3. The predicted molar refractivity (Wildman–Crippen MR) is 88.0 cm³/mol. The molecular formula is C15H26N2O4Si. The second-order valence-electron chi connectivity index (χ2n) is 7.52. The van der Waals surface area contributed by atoms with Gasteiger partial charge in [-0.05, 0) is 19.3 Å². The first kappa shape index (κ1) is 17.2. The van der Waals surface area contributed by atoms with E-state index in [1.807, 2.05) is 0 Å². The number of rotatable bonds is 5. The molecule has 0 amide bonds. The Morgan fingerprint density at radius 3 is 2.55 bits per heavy atom. The molecule has 1 aliphatic rings.